The Morgan fingerprint density at radius 1 is 0.224 bits per heavy atom. The van der Waals surface area contributed by atoms with Crippen LogP contribution in [0.15, 0.2) is 249 Å². The summed E-state index contributed by atoms with van der Waals surface area (Å²) >= 11 is 0. The standard InChI is InChI=1S/C62H41N5/c1-7-22-42(23-8-1)56-41-57(64-58(63-56)43-24-9-2-10-25-43)53-40-55-52(50-36-19-20-37-54(50)62(55,48-32-15-5-16-33-48)49-34-17-6-18-35-49)39-51(53)46-30-21-31-47(38-46)61-66-59(44-26-11-3-12-27-44)65-60(67-61)45-28-13-4-14-29-45/h1-41H. The van der Waals surface area contributed by atoms with Gasteiger partial charge in [-0.1, -0.05) is 224 Å². The second-order valence-corrected chi connectivity index (χ2v) is 16.8. The van der Waals surface area contributed by atoms with E-state index in [0.29, 0.717) is 23.3 Å². The Bertz CT molecular complexity index is 3390. The van der Waals surface area contributed by atoms with Crippen LogP contribution in [0.3, 0.4) is 0 Å². The number of fused-ring (bicyclic) bond motifs is 3. The number of hydrogen-bond donors (Lipinski definition) is 0. The minimum absolute atomic E-state index is 0.592. The van der Waals surface area contributed by atoms with Crippen molar-refractivity contribution in [2.24, 2.45) is 0 Å². The Morgan fingerprint density at radius 2 is 0.642 bits per heavy atom. The van der Waals surface area contributed by atoms with Crippen LogP contribution in [-0.2, 0) is 5.41 Å². The molecule has 5 heteroatoms. The molecule has 0 spiro atoms. The number of hydrogen-bond acceptors (Lipinski definition) is 5. The van der Waals surface area contributed by atoms with Crippen molar-refractivity contribution >= 4 is 0 Å². The molecule has 67 heavy (non-hydrogen) atoms. The zero-order valence-corrected chi connectivity index (χ0v) is 36.4. The lowest BCUT2D eigenvalue weighted by Crippen LogP contribution is -2.28. The van der Waals surface area contributed by atoms with Gasteiger partial charge in [-0.2, -0.15) is 0 Å². The fraction of sp³-hybridized carbons (Fsp3) is 0.0161. The van der Waals surface area contributed by atoms with Gasteiger partial charge in [0.1, 0.15) is 0 Å². The SMILES string of the molecule is c1ccc(-c2cc(-c3cc4c(cc3-c3cccc(-c5nc(-c6ccccc6)nc(-c6ccccc6)n5)c3)-c3ccccc3C4(c3ccccc3)c3ccccc3)nc(-c3ccccc3)n2)cc1. The highest BCUT2D eigenvalue weighted by Gasteiger charge is 2.46. The van der Waals surface area contributed by atoms with Gasteiger partial charge in [0.25, 0.3) is 0 Å². The largest absolute Gasteiger partial charge is 0.228 e. The predicted octanol–water partition coefficient (Wildman–Crippen LogP) is 14.7. The van der Waals surface area contributed by atoms with Crippen molar-refractivity contribution in [1.82, 2.24) is 24.9 Å². The average molecular weight is 856 g/mol. The molecule has 0 aliphatic heterocycles. The molecule has 0 radical (unpaired) electrons. The molecular formula is C62H41N5. The molecule has 0 unspecified atom stereocenters. The van der Waals surface area contributed by atoms with Crippen LogP contribution in [0.4, 0.5) is 0 Å². The van der Waals surface area contributed by atoms with Crippen molar-refractivity contribution in [3.8, 4) is 90.3 Å². The number of benzene rings is 9. The zero-order chi connectivity index (χ0) is 44.6. The average Bonchev–Trinajstić information content (AvgIpc) is 3.72. The lowest BCUT2D eigenvalue weighted by Gasteiger charge is -2.34. The van der Waals surface area contributed by atoms with Crippen LogP contribution < -0.4 is 0 Å². The second-order valence-electron chi connectivity index (χ2n) is 16.8. The molecule has 0 N–H and O–H groups in total. The van der Waals surface area contributed by atoms with E-state index in [1.807, 2.05) is 84.9 Å². The van der Waals surface area contributed by atoms with E-state index < -0.39 is 5.41 Å². The third-order valence-corrected chi connectivity index (χ3v) is 12.8. The van der Waals surface area contributed by atoms with Crippen LogP contribution >= 0.6 is 0 Å². The van der Waals surface area contributed by atoms with Gasteiger partial charge in [-0.25, -0.2) is 24.9 Å². The molecular weight excluding hydrogens is 815 g/mol. The predicted molar refractivity (Wildman–Crippen MR) is 271 cm³/mol. The summed E-state index contributed by atoms with van der Waals surface area (Å²) < 4.78 is 0. The van der Waals surface area contributed by atoms with E-state index in [0.717, 1.165) is 55.9 Å². The van der Waals surface area contributed by atoms with Crippen LogP contribution in [-0.4, -0.2) is 24.9 Å². The summed E-state index contributed by atoms with van der Waals surface area (Å²) in [7, 11) is 0. The number of rotatable bonds is 9. The summed E-state index contributed by atoms with van der Waals surface area (Å²) in [6.45, 7) is 0. The van der Waals surface area contributed by atoms with E-state index in [1.165, 1.54) is 33.4 Å². The molecule has 5 nitrogen and oxygen atoms in total. The Balaban J connectivity index is 1.15. The minimum Gasteiger partial charge on any atom is -0.228 e. The van der Waals surface area contributed by atoms with Gasteiger partial charge in [0.05, 0.1) is 16.8 Å². The molecule has 0 atom stereocenters. The normalized spacial score (nSPS) is 12.3. The highest BCUT2D eigenvalue weighted by atomic mass is 15.0. The summed E-state index contributed by atoms with van der Waals surface area (Å²) in [5.41, 5.74) is 16.0. The van der Waals surface area contributed by atoms with E-state index in [9.17, 15) is 0 Å². The minimum atomic E-state index is -0.617. The Kier molecular flexibility index (Phi) is 9.99. The van der Waals surface area contributed by atoms with Crippen LogP contribution in [0.25, 0.3) is 90.3 Å². The number of aromatic nitrogens is 5. The molecule has 314 valence electrons. The van der Waals surface area contributed by atoms with Gasteiger partial charge in [0.2, 0.25) is 0 Å². The van der Waals surface area contributed by atoms with Gasteiger partial charge in [-0.15, -0.1) is 0 Å². The molecule has 11 aromatic rings. The first-order chi connectivity index (χ1) is 33.2. The first-order valence-electron chi connectivity index (χ1n) is 22.6. The van der Waals surface area contributed by atoms with Gasteiger partial charge < -0.3 is 0 Å². The Morgan fingerprint density at radius 3 is 1.19 bits per heavy atom. The van der Waals surface area contributed by atoms with E-state index in [4.69, 9.17) is 24.9 Å². The molecule has 12 rings (SSSR count). The van der Waals surface area contributed by atoms with Crippen molar-refractivity contribution in [1.29, 1.82) is 0 Å². The molecule has 0 saturated carbocycles. The van der Waals surface area contributed by atoms with E-state index in [-0.39, 0.29) is 0 Å². The van der Waals surface area contributed by atoms with E-state index in [2.05, 4.69) is 164 Å². The molecule has 0 bridgehead atoms. The fourth-order valence-electron chi connectivity index (χ4n) is 9.76. The lowest BCUT2D eigenvalue weighted by molar-refractivity contribution is 0.769. The molecule has 2 heterocycles. The van der Waals surface area contributed by atoms with Crippen molar-refractivity contribution in [2.75, 3.05) is 0 Å². The van der Waals surface area contributed by atoms with Crippen molar-refractivity contribution in [3.63, 3.8) is 0 Å². The van der Waals surface area contributed by atoms with Crippen molar-refractivity contribution < 1.29 is 0 Å². The first-order valence-corrected chi connectivity index (χ1v) is 22.6. The maximum atomic E-state index is 5.48. The topological polar surface area (TPSA) is 64.5 Å². The molecule has 0 fully saturated rings. The summed E-state index contributed by atoms with van der Waals surface area (Å²) in [6.07, 6.45) is 0. The molecule has 9 aromatic carbocycles. The maximum Gasteiger partial charge on any atom is 0.164 e. The monoisotopic (exact) mass is 855 g/mol. The molecule has 1 aliphatic rings. The molecule has 2 aromatic heterocycles. The summed E-state index contributed by atoms with van der Waals surface area (Å²) in [5.74, 6) is 2.48. The van der Waals surface area contributed by atoms with Gasteiger partial charge in [-0.05, 0) is 68.8 Å². The lowest BCUT2D eigenvalue weighted by atomic mass is 9.67. The summed E-state index contributed by atoms with van der Waals surface area (Å²) in [4.78, 5) is 26.0. The summed E-state index contributed by atoms with van der Waals surface area (Å²) in [6, 6.07) is 87.2. The van der Waals surface area contributed by atoms with Crippen LogP contribution in [0, 0.1) is 0 Å². The quantitative estimate of drug-likeness (QED) is 0.145. The third kappa shape index (κ3) is 7.11. The van der Waals surface area contributed by atoms with Gasteiger partial charge in [-0.3, -0.25) is 0 Å². The van der Waals surface area contributed by atoms with E-state index >= 15 is 0 Å². The van der Waals surface area contributed by atoms with E-state index in [1.54, 1.807) is 0 Å². The van der Waals surface area contributed by atoms with Gasteiger partial charge in [0.15, 0.2) is 23.3 Å². The van der Waals surface area contributed by atoms with Crippen molar-refractivity contribution in [3.05, 3.63) is 271 Å². The fourth-order valence-corrected chi connectivity index (χ4v) is 9.76. The smallest absolute Gasteiger partial charge is 0.164 e. The van der Waals surface area contributed by atoms with Crippen LogP contribution in [0.2, 0.25) is 0 Å². The zero-order valence-electron chi connectivity index (χ0n) is 36.4. The van der Waals surface area contributed by atoms with Crippen molar-refractivity contribution in [2.45, 2.75) is 5.41 Å². The second kappa shape index (κ2) is 16.9. The molecule has 1 aliphatic carbocycles. The molecule has 0 amide bonds. The molecule has 0 saturated heterocycles. The maximum absolute atomic E-state index is 5.48. The van der Waals surface area contributed by atoms with Crippen LogP contribution in [0.1, 0.15) is 22.3 Å². The third-order valence-electron chi connectivity index (χ3n) is 12.8. The highest BCUT2D eigenvalue weighted by molar-refractivity contribution is 5.95. The summed E-state index contributed by atoms with van der Waals surface area (Å²) in [5, 5.41) is 0. The van der Waals surface area contributed by atoms with Gasteiger partial charge >= 0.3 is 0 Å². The first kappa shape index (κ1) is 39.6. The Hall–Kier alpha value is -8.93. The van der Waals surface area contributed by atoms with Crippen LogP contribution in [0.5, 0.6) is 0 Å². The highest BCUT2D eigenvalue weighted by Crippen LogP contribution is 2.58. The number of nitrogens with zero attached hydrogens (tertiary/aromatic N) is 5. The van der Waals surface area contributed by atoms with Gasteiger partial charge in [0, 0.05) is 33.4 Å². The Labute approximate surface area is 389 Å².